The van der Waals surface area contributed by atoms with Gasteiger partial charge in [-0.1, -0.05) is 18.2 Å². The van der Waals surface area contributed by atoms with Gasteiger partial charge in [-0.2, -0.15) is 13.2 Å². The van der Waals surface area contributed by atoms with E-state index in [2.05, 4.69) is 10.2 Å². The van der Waals surface area contributed by atoms with Crippen LogP contribution in [0.1, 0.15) is 53.2 Å². The van der Waals surface area contributed by atoms with E-state index in [1.54, 1.807) is 12.1 Å². The van der Waals surface area contributed by atoms with Crippen LogP contribution in [-0.4, -0.2) is 23.9 Å². The van der Waals surface area contributed by atoms with Gasteiger partial charge in [-0.25, -0.2) is 0 Å². The van der Waals surface area contributed by atoms with Crippen LogP contribution in [0.3, 0.4) is 0 Å². The average Bonchev–Trinajstić information content (AvgIpc) is 3.26. The Morgan fingerprint density at radius 1 is 1.19 bits per heavy atom. The van der Waals surface area contributed by atoms with Crippen LogP contribution < -0.4 is 5.32 Å². The topological polar surface area (TPSA) is 45.5 Å². The summed E-state index contributed by atoms with van der Waals surface area (Å²) in [5.74, 6) is 0.262. The molecule has 1 atom stereocenters. The number of rotatable bonds is 5. The summed E-state index contributed by atoms with van der Waals surface area (Å²) < 4.78 is 45.0. The van der Waals surface area contributed by atoms with E-state index < -0.39 is 23.7 Å². The van der Waals surface area contributed by atoms with Crippen molar-refractivity contribution in [1.29, 1.82) is 0 Å². The lowest BCUT2D eigenvalue weighted by atomic mass is 10.0. The Balaban J connectivity index is 1.67. The first-order valence-corrected chi connectivity index (χ1v) is 8.62. The van der Waals surface area contributed by atoms with Gasteiger partial charge in [-0.05, 0) is 56.6 Å². The maximum atomic E-state index is 13.1. The number of furan rings is 1. The van der Waals surface area contributed by atoms with Gasteiger partial charge in [0.15, 0.2) is 5.76 Å². The third-order valence-electron chi connectivity index (χ3n) is 4.54. The van der Waals surface area contributed by atoms with Gasteiger partial charge in [-0.15, -0.1) is 0 Å². The van der Waals surface area contributed by atoms with Crippen LogP contribution in [0.15, 0.2) is 40.8 Å². The van der Waals surface area contributed by atoms with Crippen LogP contribution >= 0.6 is 0 Å². The molecule has 0 bridgehead atoms. The fourth-order valence-electron chi connectivity index (χ4n) is 3.22. The van der Waals surface area contributed by atoms with Gasteiger partial charge < -0.3 is 9.73 Å². The summed E-state index contributed by atoms with van der Waals surface area (Å²) in [6.07, 6.45) is -2.16. The maximum Gasteiger partial charge on any atom is 0.416 e. The van der Waals surface area contributed by atoms with Crippen molar-refractivity contribution < 1.29 is 22.4 Å². The predicted molar refractivity (Wildman–Crippen MR) is 90.5 cm³/mol. The molecule has 1 aromatic heterocycles. The number of nitrogens with zero attached hydrogens (tertiary/aromatic N) is 1. The first-order chi connectivity index (χ1) is 12.3. The van der Waals surface area contributed by atoms with Gasteiger partial charge in [0.25, 0.3) is 5.91 Å². The molecule has 1 aromatic carbocycles. The highest BCUT2D eigenvalue weighted by molar-refractivity contribution is 5.91. The molecule has 0 saturated carbocycles. The number of hydrogen-bond donors (Lipinski definition) is 1. The number of alkyl halides is 3. The molecule has 7 heteroatoms. The number of amides is 1. The van der Waals surface area contributed by atoms with Crippen molar-refractivity contribution in [3.05, 3.63) is 59.0 Å². The van der Waals surface area contributed by atoms with E-state index in [1.165, 1.54) is 25.1 Å². The van der Waals surface area contributed by atoms with Gasteiger partial charge >= 0.3 is 6.18 Å². The fourth-order valence-corrected chi connectivity index (χ4v) is 3.22. The lowest BCUT2D eigenvalue weighted by Crippen LogP contribution is -2.28. The Morgan fingerprint density at radius 2 is 1.88 bits per heavy atom. The lowest BCUT2D eigenvalue weighted by Gasteiger charge is -2.19. The highest BCUT2D eigenvalue weighted by Crippen LogP contribution is 2.34. The molecule has 3 rings (SSSR count). The van der Waals surface area contributed by atoms with Crippen molar-refractivity contribution in [3.8, 4) is 0 Å². The molecule has 1 aliphatic heterocycles. The molecular weight excluding hydrogens is 345 g/mol. The lowest BCUT2D eigenvalue weighted by molar-refractivity contribution is -0.138. The normalized spacial score (nSPS) is 16.6. The number of nitrogens with one attached hydrogen (secondary N) is 1. The van der Waals surface area contributed by atoms with Crippen LogP contribution in [0.4, 0.5) is 13.2 Å². The molecule has 2 heterocycles. The third kappa shape index (κ3) is 4.27. The van der Waals surface area contributed by atoms with Crippen LogP contribution in [0, 0.1) is 0 Å². The fraction of sp³-hybridized carbons (Fsp3) is 0.421. The number of carbonyl (C=O) groups is 1. The first-order valence-electron chi connectivity index (χ1n) is 8.62. The zero-order valence-corrected chi connectivity index (χ0v) is 14.5. The second-order valence-electron chi connectivity index (χ2n) is 6.53. The molecule has 0 aliphatic carbocycles. The van der Waals surface area contributed by atoms with Crippen molar-refractivity contribution in [2.24, 2.45) is 0 Å². The molecular formula is C19H21F3N2O2. The van der Waals surface area contributed by atoms with Crippen molar-refractivity contribution >= 4 is 5.91 Å². The molecule has 4 nitrogen and oxygen atoms in total. The number of carbonyl (C=O) groups excluding carboxylic acids is 1. The molecule has 1 unspecified atom stereocenters. The second kappa shape index (κ2) is 7.53. The van der Waals surface area contributed by atoms with E-state index in [0.29, 0.717) is 12.3 Å². The molecule has 1 fully saturated rings. The number of halogens is 3. The van der Waals surface area contributed by atoms with E-state index >= 15 is 0 Å². The minimum absolute atomic E-state index is 0.0252. The average molecular weight is 366 g/mol. The summed E-state index contributed by atoms with van der Waals surface area (Å²) in [7, 11) is 0. The predicted octanol–water partition coefficient (Wildman–Crippen LogP) is 4.39. The van der Waals surface area contributed by atoms with E-state index in [0.717, 1.165) is 32.0 Å². The molecule has 26 heavy (non-hydrogen) atoms. The van der Waals surface area contributed by atoms with Crippen LogP contribution in [-0.2, 0) is 12.7 Å². The van der Waals surface area contributed by atoms with Crippen molar-refractivity contribution in [2.75, 3.05) is 13.1 Å². The van der Waals surface area contributed by atoms with Crippen molar-refractivity contribution in [3.63, 3.8) is 0 Å². The van der Waals surface area contributed by atoms with Crippen LogP contribution in [0.2, 0.25) is 0 Å². The number of likely N-dealkylation sites (tertiary alicyclic amines) is 1. The summed E-state index contributed by atoms with van der Waals surface area (Å²) in [6.45, 7) is 4.18. The third-order valence-corrected chi connectivity index (χ3v) is 4.54. The Hall–Kier alpha value is -2.28. The number of hydrogen-bond acceptors (Lipinski definition) is 3. The van der Waals surface area contributed by atoms with Gasteiger partial charge in [-0.3, -0.25) is 9.69 Å². The molecule has 1 saturated heterocycles. The molecule has 1 aliphatic rings. The van der Waals surface area contributed by atoms with E-state index in [-0.39, 0.29) is 11.3 Å². The highest BCUT2D eigenvalue weighted by Gasteiger charge is 2.34. The quantitative estimate of drug-likeness (QED) is 0.854. The van der Waals surface area contributed by atoms with Gasteiger partial charge in [0.05, 0.1) is 18.2 Å². The Labute approximate surface area is 150 Å². The minimum atomic E-state index is -4.47. The number of benzene rings is 1. The van der Waals surface area contributed by atoms with E-state index in [4.69, 9.17) is 4.42 Å². The van der Waals surface area contributed by atoms with Crippen LogP contribution in [0.25, 0.3) is 0 Å². The Kier molecular flexibility index (Phi) is 5.36. The Morgan fingerprint density at radius 3 is 2.58 bits per heavy atom. The van der Waals surface area contributed by atoms with Gasteiger partial charge in [0.1, 0.15) is 5.76 Å². The summed E-state index contributed by atoms with van der Waals surface area (Å²) in [6, 6.07) is 7.73. The zero-order chi connectivity index (χ0) is 18.7. The second-order valence-corrected chi connectivity index (χ2v) is 6.53. The smallest absolute Gasteiger partial charge is 0.416 e. The monoisotopic (exact) mass is 366 g/mol. The largest absolute Gasteiger partial charge is 0.455 e. The highest BCUT2D eigenvalue weighted by atomic mass is 19.4. The standard InChI is InChI=1S/C19H21F3N2O2/c1-13(15-6-2-3-7-16(15)19(20,21)22)23-18(25)17-9-8-14(26-17)12-24-10-4-5-11-24/h2-3,6-9,13H,4-5,10-12H2,1H3,(H,23,25). The molecule has 1 N–H and O–H groups in total. The first kappa shape index (κ1) is 18.5. The SMILES string of the molecule is CC(NC(=O)c1ccc(CN2CCCC2)o1)c1ccccc1C(F)(F)F. The molecule has 1 amide bonds. The van der Waals surface area contributed by atoms with E-state index in [9.17, 15) is 18.0 Å². The molecule has 0 radical (unpaired) electrons. The summed E-state index contributed by atoms with van der Waals surface area (Å²) in [4.78, 5) is 14.6. The molecule has 0 spiro atoms. The maximum absolute atomic E-state index is 13.1. The summed E-state index contributed by atoms with van der Waals surface area (Å²) in [5.41, 5.74) is -0.723. The van der Waals surface area contributed by atoms with Gasteiger partial charge in [0, 0.05) is 0 Å². The van der Waals surface area contributed by atoms with Crippen molar-refractivity contribution in [1.82, 2.24) is 10.2 Å². The minimum Gasteiger partial charge on any atom is -0.455 e. The molecule has 2 aromatic rings. The molecule has 140 valence electrons. The Bertz CT molecular complexity index is 764. The van der Waals surface area contributed by atoms with E-state index in [1.807, 2.05) is 0 Å². The van der Waals surface area contributed by atoms with Gasteiger partial charge in [0.2, 0.25) is 0 Å². The summed E-state index contributed by atoms with van der Waals surface area (Å²) >= 11 is 0. The zero-order valence-electron chi connectivity index (χ0n) is 14.5. The van der Waals surface area contributed by atoms with Crippen molar-refractivity contribution in [2.45, 2.75) is 38.5 Å². The van der Waals surface area contributed by atoms with Crippen LogP contribution in [0.5, 0.6) is 0 Å². The summed E-state index contributed by atoms with van der Waals surface area (Å²) in [5, 5.41) is 2.59.